The highest BCUT2D eigenvalue weighted by Crippen LogP contribution is 2.31. The lowest BCUT2D eigenvalue weighted by Gasteiger charge is -2.12. The SMILES string of the molecule is NCCn1ccc2ncnc(Nc3ccc(OCc4ccccn4)c(Cl)c3)c21. The van der Waals surface area contributed by atoms with E-state index in [1.165, 1.54) is 6.33 Å². The van der Waals surface area contributed by atoms with Crippen molar-refractivity contribution in [3.63, 3.8) is 0 Å². The lowest BCUT2D eigenvalue weighted by atomic mass is 10.3. The van der Waals surface area contributed by atoms with Gasteiger partial charge in [0.05, 0.1) is 16.2 Å². The summed E-state index contributed by atoms with van der Waals surface area (Å²) < 4.78 is 7.80. The summed E-state index contributed by atoms with van der Waals surface area (Å²) in [7, 11) is 0. The number of nitrogens with zero attached hydrogens (tertiary/aromatic N) is 4. The monoisotopic (exact) mass is 394 g/mol. The zero-order valence-corrected chi connectivity index (χ0v) is 15.8. The molecule has 0 aliphatic carbocycles. The number of hydrogen-bond acceptors (Lipinski definition) is 6. The van der Waals surface area contributed by atoms with Gasteiger partial charge in [0.15, 0.2) is 5.82 Å². The summed E-state index contributed by atoms with van der Waals surface area (Å²) in [4.78, 5) is 12.9. The lowest BCUT2D eigenvalue weighted by Crippen LogP contribution is -2.10. The van der Waals surface area contributed by atoms with E-state index in [-0.39, 0.29) is 0 Å². The Kier molecular flexibility index (Phi) is 5.36. The van der Waals surface area contributed by atoms with Gasteiger partial charge in [-0.15, -0.1) is 0 Å². The van der Waals surface area contributed by atoms with Crippen LogP contribution in [0.2, 0.25) is 5.02 Å². The molecule has 0 saturated carbocycles. The van der Waals surface area contributed by atoms with E-state index in [0.717, 1.165) is 22.4 Å². The van der Waals surface area contributed by atoms with Crippen molar-refractivity contribution in [3.05, 3.63) is 71.9 Å². The van der Waals surface area contributed by atoms with Crippen LogP contribution in [0.3, 0.4) is 0 Å². The molecule has 3 aromatic heterocycles. The highest BCUT2D eigenvalue weighted by atomic mass is 35.5. The van der Waals surface area contributed by atoms with Crippen molar-refractivity contribution in [2.45, 2.75) is 13.2 Å². The second-order valence-corrected chi connectivity index (χ2v) is 6.54. The minimum atomic E-state index is 0.354. The van der Waals surface area contributed by atoms with Gasteiger partial charge in [-0.1, -0.05) is 17.7 Å². The summed E-state index contributed by atoms with van der Waals surface area (Å²) in [5.74, 6) is 1.29. The van der Waals surface area contributed by atoms with Gasteiger partial charge in [0.2, 0.25) is 0 Å². The summed E-state index contributed by atoms with van der Waals surface area (Å²) in [6, 6.07) is 13.2. The van der Waals surface area contributed by atoms with Gasteiger partial charge in [0, 0.05) is 31.2 Å². The van der Waals surface area contributed by atoms with Gasteiger partial charge >= 0.3 is 0 Å². The maximum absolute atomic E-state index is 6.40. The number of halogens is 1. The minimum absolute atomic E-state index is 0.354. The van der Waals surface area contributed by atoms with Crippen LogP contribution in [0.4, 0.5) is 11.5 Å². The summed E-state index contributed by atoms with van der Waals surface area (Å²) >= 11 is 6.40. The van der Waals surface area contributed by atoms with E-state index in [9.17, 15) is 0 Å². The van der Waals surface area contributed by atoms with Crippen molar-refractivity contribution in [2.75, 3.05) is 11.9 Å². The normalized spacial score (nSPS) is 10.9. The molecule has 3 N–H and O–H groups in total. The van der Waals surface area contributed by atoms with Crippen LogP contribution >= 0.6 is 11.6 Å². The molecule has 7 nitrogen and oxygen atoms in total. The maximum Gasteiger partial charge on any atom is 0.158 e. The molecule has 0 spiro atoms. The van der Waals surface area contributed by atoms with E-state index in [2.05, 4.69) is 20.3 Å². The molecule has 8 heteroatoms. The molecule has 0 fully saturated rings. The van der Waals surface area contributed by atoms with Gasteiger partial charge in [-0.3, -0.25) is 4.98 Å². The third-order valence-electron chi connectivity index (χ3n) is 4.22. The van der Waals surface area contributed by atoms with Gasteiger partial charge in [-0.25, -0.2) is 9.97 Å². The van der Waals surface area contributed by atoms with Crippen LogP contribution in [0.1, 0.15) is 5.69 Å². The van der Waals surface area contributed by atoms with E-state index >= 15 is 0 Å². The third kappa shape index (κ3) is 3.90. The number of nitrogens with two attached hydrogens (primary N) is 1. The van der Waals surface area contributed by atoms with E-state index in [1.807, 2.05) is 47.2 Å². The molecule has 142 valence electrons. The molecule has 0 unspecified atom stereocenters. The number of nitrogens with one attached hydrogen (secondary N) is 1. The number of pyridine rings is 1. The first-order valence-corrected chi connectivity index (χ1v) is 9.21. The highest BCUT2D eigenvalue weighted by molar-refractivity contribution is 6.32. The number of hydrogen-bond donors (Lipinski definition) is 2. The molecule has 3 heterocycles. The van der Waals surface area contributed by atoms with Crippen molar-refractivity contribution < 1.29 is 4.74 Å². The lowest BCUT2D eigenvalue weighted by molar-refractivity contribution is 0.301. The van der Waals surface area contributed by atoms with Crippen LogP contribution in [0.15, 0.2) is 61.2 Å². The summed E-state index contributed by atoms with van der Waals surface area (Å²) in [5, 5.41) is 3.81. The molecule has 0 bridgehead atoms. The third-order valence-corrected chi connectivity index (χ3v) is 4.51. The predicted octanol–water partition coefficient (Wildman–Crippen LogP) is 3.76. The number of anilines is 2. The van der Waals surface area contributed by atoms with Gasteiger partial charge in [-0.05, 0) is 36.4 Å². The van der Waals surface area contributed by atoms with Crippen molar-refractivity contribution >= 4 is 34.1 Å². The number of rotatable bonds is 7. The van der Waals surface area contributed by atoms with Crippen molar-refractivity contribution in [1.82, 2.24) is 19.5 Å². The Morgan fingerprint density at radius 2 is 2.04 bits per heavy atom. The first kappa shape index (κ1) is 18.2. The smallest absolute Gasteiger partial charge is 0.158 e. The fourth-order valence-electron chi connectivity index (χ4n) is 2.92. The molecule has 4 aromatic rings. The highest BCUT2D eigenvalue weighted by Gasteiger charge is 2.11. The Morgan fingerprint density at radius 1 is 1.11 bits per heavy atom. The van der Waals surface area contributed by atoms with Crippen LogP contribution in [0.5, 0.6) is 5.75 Å². The number of ether oxygens (including phenoxy) is 1. The quantitative estimate of drug-likeness (QED) is 0.496. The summed E-state index contributed by atoms with van der Waals surface area (Å²) in [6.07, 6.45) is 5.22. The van der Waals surface area contributed by atoms with E-state index in [0.29, 0.717) is 36.3 Å². The fourth-order valence-corrected chi connectivity index (χ4v) is 3.15. The number of aromatic nitrogens is 4. The molecule has 0 amide bonds. The predicted molar refractivity (Wildman–Crippen MR) is 110 cm³/mol. The molecular formula is C20H19ClN6O. The second-order valence-electron chi connectivity index (χ2n) is 6.13. The summed E-state index contributed by atoms with van der Waals surface area (Å²) in [6.45, 7) is 1.57. The topological polar surface area (TPSA) is 90.9 Å². The van der Waals surface area contributed by atoms with Crippen molar-refractivity contribution in [2.24, 2.45) is 5.73 Å². The molecule has 0 aliphatic rings. The average molecular weight is 395 g/mol. The van der Waals surface area contributed by atoms with E-state index in [1.54, 1.807) is 12.3 Å². The fraction of sp³-hybridized carbons (Fsp3) is 0.150. The molecule has 0 saturated heterocycles. The zero-order valence-electron chi connectivity index (χ0n) is 15.0. The van der Waals surface area contributed by atoms with Gasteiger partial charge in [0.25, 0.3) is 0 Å². The van der Waals surface area contributed by atoms with Crippen LogP contribution in [0, 0.1) is 0 Å². The van der Waals surface area contributed by atoms with Crippen LogP contribution in [-0.4, -0.2) is 26.1 Å². The van der Waals surface area contributed by atoms with Crippen LogP contribution in [0.25, 0.3) is 11.0 Å². The first-order chi connectivity index (χ1) is 13.7. The number of fused-ring (bicyclic) bond motifs is 1. The van der Waals surface area contributed by atoms with Crippen molar-refractivity contribution in [3.8, 4) is 5.75 Å². The summed E-state index contributed by atoms with van der Waals surface area (Å²) in [5.41, 5.74) is 9.10. The largest absolute Gasteiger partial charge is 0.486 e. The Morgan fingerprint density at radius 3 is 2.82 bits per heavy atom. The van der Waals surface area contributed by atoms with Crippen molar-refractivity contribution in [1.29, 1.82) is 0 Å². The Labute approximate surface area is 167 Å². The maximum atomic E-state index is 6.40. The molecule has 4 rings (SSSR count). The molecule has 0 radical (unpaired) electrons. The van der Waals surface area contributed by atoms with Crippen LogP contribution in [-0.2, 0) is 13.2 Å². The molecule has 28 heavy (non-hydrogen) atoms. The zero-order chi connectivity index (χ0) is 19.3. The van der Waals surface area contributed by atoms with Crippen LogP contribution < -0.4 is 15.8 Å². The van der Waals surface area contributed by atoms with Gasteiger partial charge < -0.3 is 20.4 Å². The number of benzene rings is 1. The Hall–Kier alpha value is -3.16. The molecule has 0 aliphatic heterocycles. The molecule has 1 aromatic carbocycles. The van der Waals surface area contributed by atoms with Gasteiger partial charge in [0.1, 0.15) is 24.2 Å². The second kappa shape index (κ2) is 8.24. The average Bonchev–Trinajstić information content (AvgIpc) is 3.13. The Bertz CT molecular complexity index is 1080. The standard InChI is InChI=1S/C20H19ClN6O/c21-16-11-14(4-5-18(16)28-12-15-3-1-2-8-23-15)26-20-19-17(24-13-25-20)6-9-27(19)10-7-22/h1-6,8-9,11,13H,7,10,12,22H2,(H,24,25,26). The van der Waals surface area contributed by atoms with E-state index in [4.69, 9.17) is 22.1 Å². The first-order valence-electron chi connectivity index (χ1n) is 8.84. The molecule has 0 atom stereocenters. The molecular weight excluding hydrogens is 376 g/mol. The van der Waals surface area contributed by atoms with Gasteiger partial charge in [-0.2, -0.15) is 0 Å². The minimum Gasteiger partial charge on any atom is -0.486 e. The Balaban J connectivity index is 1.54. The van der Waals surface area contributed by atoms with E-state index < -0.39 is 0 Å².